The summed E-state index contributed by atoms with van der Waals surface area (Å²) in [4.78, 5) is 34.7. The third kappa shape index (κ3) is 4.14. The Morgan fingerprint density at radius 1 is 1.36 bits per heavy atom. The van der Waals surface area contributed by atoms with E-state index in [1.807, 2.05) is 6.26 Å². The molecule has 0 radical (unpaired) electrons. The smallest absolute Gasteiger partial charge is 0.241 e. The normalized spacial score (nSPS) is 23.8. The predicted octanol–water partition coefficient (Wildman–Crippen LogP) is 0.444. The van der Waals surface area contributed by atoms with Gasteiger partial charge in [-0.05, 0) is 19.1 Å². The van der Waals surface area contributed by atoms with Crippen LogP contribution in [0.25, 0.3) is 0 Å². The number of hydrogen-bond donors (Lipinski definition) is 0. The van der Waals surface area contributed by atoms with Crippen LogP contribution in [0.5, 0.6) is 0 Å². The molecule has 0 spiro atoms. The number of amides is 2. The highest BCUT2D eigenvalue weighted by atomic mass is 32.2. The molecule has 0 saturated carbocycles. The molecule has 3 saturated heterocycles. The van der Waals surface area contributed by atoms with E-state index in [1.165, 1.54) is 4.90 Å². The molecule has 2 atom stereocenters. The van der Waals surface area contributed by atoms with Gasteiger partial charge in [0.25, 0.3) is 0 Å². The summed E-state index contributed by atoms with van der Waals surface area (Å²) >= 11 is 1.65. The van der Waals surface area contributed by atoms with E-state index in [0.717, 1.165) is 25.1 Å². The molecule has 0 aliphatic carbocycles. The van der Waals surface area contributed by atoms with Gasteiger partial charge >= 0.3 is 0 Å². The molecule has 2 amide bonds. The summed E-state index contributed by atoms with van der Waals surface area (Å²) in [5, 5.41) is 3.98. The lowest BCUT2D eigenvalue weighted by Crippen LogP contribution is -2.51. The van der Waals surface area contributed by atoms with Crippen molar-refractivity contribution in [2.24, 2.45) is 5.92 Å². The maximum Gasteiger partial charge on any atom is 0.241 e. The fourth-order valence-corrected chi connectivity index (χ4v) is 3.86. The minimum absolute atomic E-state index is 0.0361. The third-order valence-corrected chi connectivity index (χ3v) is 5.36. The van der Waals surface area contributed by atoms with Crippen molar-refractivity contribution in [1.82, 2.24) is 24.8 Å². The molecule has 9 heteroatoms. The van der Waals surface area contributed by atoms with Crippen molar-refractivity contribution in [1.29, 1.82) is 0 Å². The first-order chi connectivity index (χ1) is 12.0. The highest BCUT2D eigenvalue weighted by Crippen LogP contribution is 2.29. The molecule has 0 aromatic carbocycles. The Labute approximate surface area is 151 Å². The van der Waals surface area contributed by atoms with E-state index in [2.05, 4.69) is 15.0 Å². The van der Waals surface area contributed by atoms with Gasteiger partial charge in [-0.25, -0.2) is 0 Å². The molecule has 0 unspecified atom stereocenters. The average molecular weight is 367 g/mol. The maximum absolute atomic E-state index is 12.7. The monoisotopic (exact) mass is 367 g/mol. The first-order valence-corrected chi connectivity index (χ1v) is 9.90. The number of piperidine rings is 1. The van der Waals surface area contributed by atoms with Gasteiger partial charge in [-0.1, -0.05) is 5.16 Å². The zero-order valence-corrected chi connectivity index (χ0v) is 15.8. The molecule has 0 N–H and O–H groups in total. The quantitative estimate of drug-likeness (QED) is 0.722. The van der Waals surface area contributed by atoms with Gasteiger partial charge in [-0.15, -0.1) is 0 Å². The van der Waals surface area contributed by atoms with Gasteiger partial charge in [-0.3, -0.25) is 14.5 Å². The number of rotatable bonds is 6. The molecule has 3 aliphatic rings. The molecule has 25 heavy (non-hydrogen) atoms. The molecule has 1 aromatic heterocycles. The summed E-state index contributed by atoms with van der Waals surface area (Å²) in [5.41, 5.74) is 0. The van der Waals surface area contributed by atoms with Crippen LogP contribution in [0.4, 0.5) is 0 Å². The van der Waals surface area contributed by atoms with Gasteiger partial charge in [-0.2, -0.15) is 16.7 Å². The lowest BCUT2D eigenvalue weighted by atomic mass is 9.94. The lowest BCUT2D eigenvalue weighted by Gasteiger charge is -2.36. The lowest BCUT2D eigenvalue weighted by molar-refractivity contribution is -0.145. The summed E-state index contributed by atoms with van der Waals surface area (Å²) in [6.45, 7) is 2.14. The topological polar surface area (TPSA) is 82.8 Å². The number of thioether (sulfide) groups is 1. The summed E-state index contributed by atoms with van der Waals surface area (Å²) < 4.78 is 5.33. The maximum atomic E-state index is 12.7. The zero-order chi connectivity index (χ0) is 18.0. The SMILES string of the molecule is CSCc1noc(CN2C[C@H]3CC[C@@H](C2)N(CC(=O)N(C)C)C3=O)n1. The van der Waals surface area contributed by atoms with Gasteiger partial charge in [0.15, 0.2) is 5.82 Å². The Balaban J connectivity index is 1.67. The number of carbonyl (C=O) groups excluding carboxylic acids is 2. The minimum atomic E-state index is -0.0534. The van der Waals surface area contributed by atoms with Crippen LogP contribution >= 0.6 is 11.8 Å². The van der Waals surface area contributed by atoms with Crippen LogP contribution in [0.2, 0.25) is 0 Å². The van der Waals surface area contributed by atoms with Crippen molar-refractivity contribution in [2.45, 2.75) is 31.2 Å². The standard InChI is InChI=1S/C16H25N5O3S/c1-19(2)15(22)9-21-12-5-4-11(16(21)23)6-20(7-12)8-14-17-13(10-25-3)18-24-14/h11-12H,4-10H2,1-3H3/t11-,12+/m1/s1. The largest absolute Gasteiger partial charge is 0.347 e. The summed E-state index contributed by atoms with van der Waals surface area (Å²) in [5.74, 6) is 2.03. The van der Waals surface area contributed by atoms with Gasteiger partial charge < -0.3 is 14.3 Å². The second kappa shape index (κ2) is 7.74. The first kappa shape index (κ1) is 18.2. The van der Waals surface area contributed by atoms with E-state index in [4.69, 9.17) is 4.52 Å². The first-order valence-electron chi connectivity index (χ1n) is 8.51. The number of likely N-dealkylation sites (N-methyl/N-ethyl adjacent to an activating group) is 1. The van der Waals surface area contributed by atoms with Crippen LogP contribution < -0.4 is 0 Å². The fourth-order valence-electron chi connectivity index (χ4n) is 3.49. The number of fused-ring (bicyclic) bond motifs is 4. The van der Waals surface area contributed by atoms with Crippen LogP contribution in [0.15, 0.2) is 4.52 Å². The van der Waals surface area contributed by atoms with E-state index in [0.29, 0.717) is 24.8 Å². The molecular weight excluding hydrogens is 342 g/mol. The molecule has 138 valence electrons. The Bertz CT molecular complexity index is 635. The Kier molecular flexibility index (Phi) is 5.63. The summed E-state index contributed by atoms with van der Waals surface area (Å²) in [6, 6.07) is 0.0729. The van der Waals surface area contributed by atoms with Crippen molar-refractivity contribution in [3.63, 3.8) is 0 Å². The van der Waals surface area contributed by atoms with E-state index in [1.54, 1.807) is 30.8 Å². The second-order valence-corrected chi connectivity index (χ2v) is 7.78. The van der Waals surface area contributed by atoms with Crippen molar-refractivity contribution in [2.75, 3.05) is 40.0 Å². The van der Waals surface area contributed by atoms with E-state index < -0.39 is 0 Å². The predicted molar refractivity (Wildman–Crippen MR) is 93.7 cm³/mol. The number of carbonyl (C=O) groups is 2. The molecule has 1 aromatic rings. The van der Waals surface area contributed by atoms with E-state index in [9.17, 15) is 9.59 Å². The Hall–Kier alpha value is -1.61. The number of nitrogens with zero attached hydrogens (tertiary/aromatic N) is 5. The molecule has 3 aliphatic heterocycles. The molecule has 8 nitrogen and oxygen atoms in total. The van der Waals surface area contributed by atoms with Crippen molar-refractivity contribution in [3.05, 3.63) is 11.7 Å². The highest BCUT2D eigenvalue weighted by Gasteiger charge is 2.41. The van der Waals surface area contributed by atoms with Gasteiger partial charge in [0, 0.05) is 33.2 Å². The van der Waals surface area contributed by atoms with Crippen molar-refractivity contribution >= 4 is 23.6 Å². The van der Waals surface area contributed by atoms with Crippen LogP contribution in [-0.2, 0) is 21.9 Å². The third-order valence-electron chi connectivity index (χ3n) is 4.82. The molecular formula is C16H25N5O3S. The van der Waals surface area contributed by atoms with E-state index >= 15 is 0 Å². The second-order valence-electron chi connectivity index (χ2n) is 6.91. The van der Waals surface area contributed by atoms with Crippen LogP contribution in [0, 0.1) is 5.92 Å². The fraction of sp³-hybridized carbons (Fsp3) is 0.750. The molecule has 3 fully saturated rings. The van der Waals surface area contributed by atoms with Crippen molar-refractivity contribution < 1.29 is 14.1 Å². The van der Waals surface area contributed by atoms with Crippen LogP contribution in [0.1, 0.15) is 24.6 Å². The van der Waals surface area contributed by atoms with E-state index in [-0.39, 0.29) is 30.3 Å². The summed E-state index contributed by atoms with van der Waals surface area (Å²) in [6.07, 6.45) is 3.82. The molecule has 4 heterocycles. The minimum Gasteiger partial charge on any atom is -0.347 e. The number of aromatic nitrogens is 2. The molecule has 2 bridgehead atoms. The zero-order valence-electron chi connectivity index (χ0n) is 15.0. The van der Waals surface area contributed by atoms with Gasteiger partial charge in [0.1, 0.15) is 6.54 Å². The van der Waals surface area contributed by atoms with Gasteiger partial charge in [0.05, 0.1) is 18.2 Å². The Morgan fingerprint density at radius 2 is 2.16 bits per heavy atom. The summed E-state index contributed by atoms with van der Waals surface area (Å²) in [7, 11) is 3.44. The highest BCUT2D eigenvalue weighted by molar-refractivity contribution is 7.97. The number of hydrogen-bond acceptors (Lipinski definition) is 7. The van der Waals surface area contributed by atoms with Crippen LogP contribution in [-0.4, -0.2) is 82.7 Å². The molecule has 4 rings (SSSR count). The van der Waals surface area contributed by atoms with Crippen molar-refractivity contribution in [3.8, 4) is 0 Å². The average Bonchev–Trinajstić information content (AvgIpc) is 2.84. The Morgan fingerprint density at radius 3 is 2.88 bits per heavy atom. The van der Waals surface area contributed by atoms with Gasteiger partial charge in [0.2, 0.25) is 17.7 Å². The van der Waals surface area contributed by atoms with Crippen LogP contribution in [0.3, 0.4) is 0 Å².